The van der Waals surface area contributed by atoms with Crippen LogP contribution >= 0.6 is 0 Å². The predicted octanol–water partition coefficient (Wildman–Crippen LogP) is 7.75. The van der Waals surface area contributed by atoms with Crippen LogP contribution in [0.5, 0.6) is 5.75 Å². The SMILES string of the molecule is CCCCCOc1ccc(CN(CCN(CCCC)CCCC)C(=O)c2ccc(CCC)cc2)cc1. The molecule has 0 bridgehead atoms. The summed E-state index contributed by atoms with van der Waals surface area (Å²) in [6.07, 6.45) is 10.4. The highest BCUT2D eigenvalue weighted by molar-refractivity contribution is 5.94. The topological polar surface area (TPSA) is 32.8 Å². The minimum absolute atomic E-state index is 0.115. The molecule has 0 aliphatic heterocycles. The second kappa shape index (κ2) is 18.0. The number of hydrogen-bond acceptors (Lipinski definition) is 3. The summed E-state index contributed by atoms with van der Waals surface area (Å²) in [5.74, 6) is 1.02. The number of nitrogens with zero attached hydrogens (tertiary/aromatic N) is 2. The Morgan fingerprint density at radius 3 is 1.86 bits per heavy atom. The summed E-state index contributed by atoms with van der Waals surface area (Å²) in [6, 6.07) is 16.5. The van der Waals surface area contributed by atoms with Gasteiger partial charge in [0.1, 0.15) is 5.75 Å². The van der Waals surface area contributed by atoms with Gasteiger partial charge in [-0.25, -0.2) is 0 Å². The predicted molar refractivity (Wildman–Crippen MR) is 153 cm³/mol. The average molecular weight is 495 g/mol. The van der Waals surface area contributed by atoms with E-state index in [4.69, 9.17) is 4.74 Å². The molecule has 2 rings (SSSR count). The Labute approximate surface area is 221 Å². The maximum Gasteiger partial charge on any atom is 0.254 e. The van der Waals surface area contributed by atoms with E-state index in [0.717, 1.165) is 68.9 Å². The van der Waals surface area contributed by atoms with E-state index in [1.54, 1.807) is 0 Å². The molecule has 0 radical (unpaired) electrons. The van der Waals surface area contributed by atoms with Crippen molar-refractivity contribution in [2.45, 2.75) is 92.0 Å². The Morgan fingerprint density at radius 1 is 0.667 bits per heavy atom. The molecule has 0 saturated heterocycles. The highest BCUT2D eigenvalue weighted by Crippen LogP contribution is 2.17. The molecule has 0 atom stereocenters. The lowest BCUT2D eigenvalue weighted by atomic mass is 10.1. The standard InChI is InChI=1S/C32H50N2O2/c1-5-9-12-26-36-31-20-16-29(17-21-31)27-34(25-24-33(22-10-6-2)23-11-7-3)32(35)30-18-14-28(13-8-4)15-19-30/h14-21H,5-13,22-27H2,1-4H3. The van der Waals surface area contributed by atoms with E-state index in [-0.39, 0.29) is 5.91 Å². The van der Waals surface area contributed by atoms with Gasteiger partial charge in [0, 0.05) is 25.2 Å². The summed E-state index contributed by atoms with van der Waals surface area (Å²) in [5.41, 5.74) is 3.21. The van der Waals surface area contributed by atoms with Gasteiger partial charge < -0.3 is 14.5 Å². The quantitative estimate of drug-likeness (QED) is 0.187. The van der Waals surface area contributed by atoms with Crippen molar-refractivity contribution in [2.24, 2.45) is 0 Å². The van der Waals surface area contributed by atoms with E-state index in [0.29, 0.717) is 6.54 Å². The third-order valence-electron chi connectivity index (χ3n) is 6.68. The summed E-state index contributed by atoms with van der Waals surface area (Å²) >= 11 is 0. The number of amides is 1. The van der Waals surface area contributed by atoms with Crippen molar-refractivity contribution in [1.29, 1.82) is 0 Å². The minimum atomic E-state index is 0.115. The molecule has 0 heterocycles. The molecule has 0 N–H and O–H groups in total. The maximum atomic E-state index is 13.6. The number of unbranched alkanes of at least 4 members (excludes halogenated alkanes) is 4. The van der Waals surface area contributed by atoms with Crippen LogP contribution in [-0.4, -0.2) is 48.5 Å². The molecular weight excluding hydrogens is 444 g/mol. The van der Waals surface area contributed by atoms with E-state index in [1.807, 2.05) is 29.2 Å². The molecule has 0 aliphatic rings. The first kappa shape index (κ1) is 29.9. The molecule has 4 nitrogen and oxygen atoms in total. The molecule has 0 saturated carbocycles. The molecular formula is C32H50N2O2. The Balaban J connectivity index is 2.11. The van der Waals surface area contributed by atoms with Gasteiger partial charge in [0.2, 0.25) is 0 Å². The van der Waals surface area contributed by atoms with Crippen molar-refractivity contribution in [1.82, 2.24) is 9.80 Å². The van der Waals surface area contributed by atoms with Crippen LogP contribution in [0.2, 0.25) is 0 Å². The van der Waals surface area contributed by atoms with Crippen molar-refractivity contribution in [3.8, 4) is 5.75 Å². The number of carbonyl (C=O) groups excluding carboxylic acids is 1. The lowest BCUT2D eigenvalue weighted by Crippen LogP contribution is -2.39. The van der Waals surface area contributed by atoms with E-state index in [1.165, 1.54) is 44.1 Å². The number of hydrogen-bond donors (Lipinski definition) is 0. The zero-order valence-corrected chi connectivity index (χ0v) is 23.4. The van der Waals surface area contributed by atoms with Crippen LogP contribution in [0, 0.1) is 0 Å². The number of ether oxygens (including phenoxy) is 1. The fourth-order valence-corrected chi connectivity index (χ4v) is 4.35. The lowest BCUT2D eigenvalue weighted by molar-refractivity contribution is 0.0720. The molecule has 1 amide bonds. The fraction of sp³-hybridized carbons (Fsp3) is 0.594. The first-order valence-electron chi connectivity index (χ1n) is 14.4. The van der Waals surface area contributed by atoms with Gasteiger partial charge in [-0.2, -0.15) is 0 Å². The molecule has 200 valence electrons. The average Bonchev–Trinajstić information content (AvgIpc) is 2.91. The summed E-state index contributed by atoms with van der Waals surface area (Å²) in [5, 5.41) is 0. The summed E-state index contributed by atoms with van der Waals surface area (Å²) < 4.78 is 5.88. The number of aryl methyl sites for hydroxylation is 1. The van der Waals surface area contributed by atoms with Crippen molar-refractivity contribution < 1.29 is 9.53 Å². The first-order valence-corrected chi connectivity index (χ1v) is 14.4. The lowest BCUT2D eigenvalue weighted by Gasteiger charge is -2.28. The normalized spacial score (nSPS) is 11.1. The molecule has 0 aromatic heterocycles. The van der Waals surface area contributed by atoms with Crippen molar-refractivity contribution >= 4 is 5.91 Å². The molecule has 0 unspecified atom stereocenters. The van der Waals surface area contributed by atoms with Crippen LogP contribution in [0.15, 0.2) is 48.5 Å². The van der Waals surface area contributed by atoms with Crippen molar-refractivity contribution in [3.05, 3.63) is 65.2 Å². The van der Waals surface area contributed by atoms with Crippen LogP contribution < -0.4 is 4.74 Å². The third kappa shape index (κ3) is 11.2. The molecule has 0 aliphatic carbocycles. The molecule has 0 fully saturated rings. The number of benzene rings is 2. The Bertz CT molecular complexity index is 824. The van der Waals surface area contributed by atoms with Gasteiger partial charge in [-0.05, 0) is 74.2 Å². The van der Waals surface area contributed by atoms with Gasteiger partial charge in [-0.1, -0.05) is 84.1 Å². The van der Waals surface area contributed by atoms with Gasteiger partial charge >= 0.3 is 0 Å². The van der Waals surface area contributed by atoms with Gasteiger partial charge in [-0.3, -0.25) is 4.79 Å². The van der Waals surface area contributed by atoms with Gasteiger partial charge in [0.05, 0.1) is 6.61 Å². The van der Waals surface area contributed by atoms with E-state index < -0.39 is 0 Å². The molecule has 36 heavy (non-hydrogen) atoms. The Hall–Kier alpha value is -2.33. The fourth-order valence-electron chi connectivity index (χ4n) is 4.35. The molecule has 4 heteroatoms. The minimum Gasteiger partial charge on any atom is -0.494 e. The summed E-state index contributed by atoms with van der Waals surface area (Å²) in [4.78, 5) is 18.2. The van der Waals surface area contributed by atoms with Crippen LogP contribution in [0.25, 0.3) is 0 Å². The van der Waals surface area contributed by atoms with Crippen LogP contribution in [0.1, 0.15) is 101 Å². The van der Waals surface area contributed by atoms with Gasteiger partial charge in [0.15, 0.2) is 0 Å². The van der Waals surface area contributed by atoms with E-state index in [2.05, 4.69) is 56.9 Å². The number of carbonyl (C=O) groups is 1. The van der Waals surface area contributed by atoms with Crippen LogP contribution in [0.3, 0.4) is 0 Å². The molecule has 2 aromatic carbocycles. The zero-order chi connectivity index (χ0) is 26.0. The monoisotopic (exact) mass is 494 g/mol. The highest BCUT2D eigenvalue weighted by Gasteiger charge is 2.18. The Morgan fingerprint density at radius 2 is 1.28 bits per heavy atom. The highest BCUT2D eigenvalue weighted by atomic mass is 16.5. The Kier molecular flexibility index (Phi) is 14.9. The second-order valence-corrected chi connectivity index (χ2v) is 9.92. The second-order valence-electron chi connectivity index (χ2n) is 9.92. The maximum absolute atomic E-state index is 13.6. The third-order valence-corrected chi connectivity index (χ3v) is 6.68. The smallest absolute Gasteiger partial charge is 0.254 e. The molecule has 2 aromatic rings. The van der Waals surface area contributed by atoms with Crippen molar-refractivity contribution in [3.63, 3.8) is 0 Å². The van der Waals surface area contributed by atoms with E-state index in [9.17, 15) is 4.79 Å². The first-order chi connectivity index (χ1) is 17.6. The van der Waals surface area contributed by atoms with Gasteiger partial charge in [-0.15, -0.1) is 0 Å². The van der Waals surface area contributed by atoms with Crippen LogP contribution in [-0.2, 0) is 13.0 Å². The largest absolute Gasteiger partial charge is 0.494 e. The zero-order valence-electron chi connectivity index (χ0n) is 23.4. The van der Waals surface area contributed by atoms with Gasteiger partial charge in [0.25, 0.3) is 5.91 Å². The van der Waals surface area contributed by atoms with E-state index >= 15 is 0 Å². The number of rotatable bonds is 19. The molecule has 0 spiro atoms. The summed E-state index contributed by atoms with van der Waals surface area (Å²) in [6.45, 7) is 14.1. The summed E-state index contributed by atoms with van der Waals surface area (Å²) in [7, 11) is 0. The van der Waals surface area contributed by atoms with Crippen LogP contribution in [0.4, 0.5) is 0 Å². The van der Waals surface area contributed by atoms with Crippen molar-refractivity contribution in [2.75, 3.05) is 32.8 Å².